The lowest BCUT2D eigenvalue weighted by atomic mass is 10.1. The largest absolute Gasteiger partial charge is 0.366 e. The number of imidazole rings is 1. The van der Waals surface area contributed by atoms with Crippen LogP contribution in [-0.4, -0.2) is 22.4 Å². The molecule has 19 heavy (non-hydrogen) atoms. The van der Waals surface area contributed by atoms with Crippen molar-refractivity contribution in [1.29, 1.82) is 0 Å². The van der Waals surface area contributed by atoms with Crippen LogP contribution in [-0.2, 0) is 13.6 Å². The molecule has 0 spiro atoms. The van der Waals surface area contributed by atoms with Crippen molar-refractivity contribution in [2.24, 2.45) is 7.05 Å². The Morgan fingerprint density at radius 2 is 2.21 bits per heavy atom. The lowest BCUT2D eigenvalue weighted by Crippen LogP contribution is -2.19. The first kappa shape index (κ1) is 13.8. The van der Waals surface area contributed by atoms with Crippen LogP contribution in [0.4, 0.5) is 5.69 Å². The van der Waals surface area contributed by atoms with Gasteiger partial charge in [0.15, 0.2) is 5.78 Å². The molecule has 0 radical (unpaired) electrons. The number of Topliss-reactive ketones (excluding diaryl/α,β-unsaturated/α-hetero) is 1. The van der Waals surface area contributed by atoms with E-state index in [4.69, 9.17) is 0 Å². The van der Waals surface area contributed by atoms with Gasteiger partial charge in [-0.2, -0.15) is 0 Å². The van der Waals surface area contributed by atoms with E-state index in [0.29, 0.717) is 12.1 Å². The van der Waals surface area contributed by atoms with Gasteiger partial charge in [-0.05, 0) is 41.1 Å². The van der Waals surface area contributed by atoms with Gasteiger partial charge in [-0.3, -0.25) is 4.79 Å². The van der Waals surface area contributed by atoms with Gasteiger partial charge < -0.3 is 9.47 Å². The van der Waals surface area contributed by atoms with Crippen LogP contribution in [0.25, 0.3) is 0 Å². The monoisotopic (exact) mass is 321 g/mol. The normalized spacial score (nSPS) is 10.5. The predicted octanol–water partition coefficient (Wildman–Crippen LogP) is 3.02. The molecule has 2 aromatic rings. The van der Waals surface area contributed by atoms with E-state index in [0.717, 1.165) is 16.0 Å². The number of anilines is 1. The van der Waals surface area contributed by atoms with Gasteiger partial charge in [0.2, 0.25) is 0 Å². The Morgan fingerprint density at radius 3 is 2.74 bits per heavy atom. The van der Waals surface area contributed by atoms with Gasteiger partial charge in [0.1, 0.15) is 5.82 Å². The number of carbonyl (C=O) groups excluding carboxylic acids is 1. The molecule has 0 fully saturated rings. The number of hydrogen-bond donors (Lipinski definition) is 0. The van der Waals surface area contributed by atoms with Crippen molar-refractivity contribution >= 4 is 27.4 Å². The molecule has 0 N–H and O–H groups in total. The van der Waals surface area contributed by atoms with Crippen molar-refractivity contribution in [3.8, 4) is 0 Å². The SMILES string of the molecule is CC(=O)c1ccc(N(C)Cc2nccn2C)c(Br)c1. The number of aryl methyl sites for hydroxylation is 1. The first-order chi connectivity index (χ1) is 8.99. The molecule has 5 heteroatoms. The molecule has 0 bridgehead atoms. The summed E-state index contributed by atoms with van der Waals surface area (Å²) in [6.45, 7) is 2.28. The third-order valence-corrected chi connectivity index (χ3v) is 3.70. The fourth-order valence-electron chi connectivity index (χ4n) is 1.88. The van der Waals surface area contributed by atoms with Crippen LogP contribution in [0.1, 0.15) is 23.1 Å². The third kappa shape index (κ3) is 3.04. The molecule has 1 aromatic carbocycles. The molecule has 2 rings (SSSR count). The number of nitrogens with zero attached hydrogens (tertiary/aromatic N) is 3. The van der Waals surface area contributed by atoms with Crippen molar-refractivity contribution in [2.75, 3.05) is 11.9 Å². The molecule has 0 atom stereocenters. The zero-order chi connectivity index (χ0) is 14.0. The maximum atomic E-state index is 11.3. The lowest BCUT2D eigenvalue weighted by molar-refractivity contribution is 0.101. The molecular formula is C14H16BrN3O. The first-order valence-corrected chi connectivity index (χ1v) is 6.76. The van der Waals surface area contributed by atoms with E-state index in [2.05, 4.69) is 25.8 Å². The molecule has 0 saturated heterocycles. The molecule has 1 aromatic heterocycles. The summed E-state index contributed by atoms with van der Waals surface area (Å²) in [6.07, 6.45) is 3.72. The van der Waals surface area contributed by atoms with E-state index in [1.165, 1.54) is 0 Å². The number of rotatable bonds is 4. The Bertz CT molecular complexity index is 606. The Labute approximate surface area is 121 Å². The highest BCUT2D eigenvalue weighted by molar-refractivity contribution is 9.10. The summed E-state index contributed by atoms with van der Waals surface area (Å²) in [5, 5.41) is 0. The molecule has 0 unspecified atom stereocenters. The molecule has 4 nitrogen and oxygen atoms in total. The average molecular weight is 322 g/mol. The summed E-state index contributed by atoms with van der Waals surface area (Å²) in [5.74, 6) is 1.06. The van der Waals surface area contributed by atoms with Crippen molar-refractivity contribution in [3.63, 3.8) is 0 Å². The second-order valence-corrected chi connectivity index (χ2v) is 5.39. The molecule has 0 saturated carbocycles. The minimum Gasteiger partial charge on any atom is -0.366 e. The Hall–Kier alpha value is -1.62. The van der Waals surface area contributed by atoms with Crippen LogP contribution in [0.3, 0.4) is 0 Å². The van der Waals surface area contributed by atoms with E-state index in [-0.39, 0.29) is 5.78 Å². The second-order valence-electron chi connectivity index (χ2n) is 4.53. The number of carbonyl (C=O) groups is 1. The van der Waals surface area contributed by atoms with E-state index < -0.39 is 0 Å². The van der Waals surface area contributed by atoms with Crippen LogP contribution in [0, 0.1) is 0 Å². The van der Waals surface area contributed by atoms with Gasteiger partial charge >= 0.3 is 0 Å². The van der Waals surface area contributed by atoms with Gasteiger partial charge in [0.05, 0.1) is 12.2 Å². The predicted molar refractivity (Wildman–Crippen MR) is 79.5 cm³/mol. The van der Waals surface area contributed by atoms with Gasteiger partial charge in [-0.25, -0.2) is 4.98 Å². The van der Waals surface area contributed by atoms with Crippen molar-refractivity contribution in [2.45, 2.75) is 13.5 Å². The summed E-state index contributed by atoms with van der Waals surface area (Å²) in [7, 11) is 3.98. The number of aromatic nitrogens is 2. The van der Waals surface area contributed by atoms with Crippen molar-refractivity contribution < 1.29 is 4.79 Å². The smallest absolute Gasteiger partial charge is 0.159 e. The molecule has 1 heterocycles. The minimum absolute atomic E-state index is 0.0685. The number of halogens is 1. The quantitative estimate of drug-likeness (QED) is 0.812. The van der Waals surface area contributed by atoms with E-state index in [1.807, 2.05) is 43.1 Å². The van der Waals surface area contributed by atoms with Gasteiger partial charge in [-0.15, -0.1) is 0 Å². The fraction of sp³-hybridized carbons (Fsp3) is 0.286. The standard InChI is InChI=1S/C14H16BrN3O/c1-10(19)11-4-5-13(12(15)8-11)18(3)9-14-16-6-7-17(14)2/h4-8H,9H2,1-3H3. The Kier molecular flexibility index (Phi) is 4.04. The fourth-order valence-corrected chi connectivity index (χ4v) is 2.56. The molecule has 0 aliphatic heterocycles. The zero-order valence-electron chi connectivity index (χ0n) is 11.2. The second kappa shape index (κ2) is 5.57. The topological polar surface area (TPSA) is 38.1 Å². The highest BCUT2D eigenvalue weighted by Gasteiger charge is 2.10. The summed E-state index contributed by atoms with van der Waals surface area (Å²) < 4.78 is 2.91. The molecule has 0 aliphatic rings. The third-order valence-electron chi connectivity index (χ3n) is 3.07. The summed E-state index contributed by atoms with van der Waals surface area (Å²) >= 11 is 3.52. The van der Waals surface area contributed by atoms with Crippen LogP contribution in [0.2, 0.25) is 0 Å². The first-order valence-electron chi connectivity index (χ1n) is 5.97. The lowest BCUT2D eigenvalue weighted by Gasteiger charge is -2.20. The summed E-state index contributed by atoms with van der Waals surface area (Å²) in [4.78, 5) is 17.7. The highest BCUT2D eigenvalue weighted by atomic mass is 79.9. The van der Waals surface area contributed by atoms with Gasteiger partial charge in [0, 0.05) is 36.5 Å². The summed E-state index contributed by atoms with van der Waals surface area (Å²) in [6, 6.07) is 5.65. The highest BCUT2D eigenvalue weighted by Crippen LogP contribution is 2.27. The molecular weight excluding hydrogens is 306 g/mol. The van der Waals surface area contributed by atoms with Crippen LogP contribution in [0.15, 0.2) is 35.1 Å². The van der Waals surface area contributed by atoms with E-state index in [9.17, 15) is 4.79 Å². The number of hydrogen-bond acceptors (Lipinski definition) is 3. The van der Waals surface area contributed by atoms with E-state index >= 15 is 0 Å². The van der Waals surface area contributed by atoms with Crippen molar-refractivity contribution in [3.05, 3.63) is 46.5 Å². The van der Waals surface area contributed by atoms with Crippen LogP contribution in [0.5, 0.6) is 0 Å². The molecule has 0 amide bonds. The number of benzene rings is 1. The average Bonchev–Trinajstić information content (AvgIpc) is 2.74. The Balaban J connectivity index is 2.22. The Morgan fingerprint density at radius 1 is 1.47 bits per heavy atom. The van der Waals surface area contributed by atoms with Gasteiger partial charge in [-0.1, -0.05) is 0 Å². The van der Waals surface area contributed by atoms with Gasteiger partial charge in [0.25, 0.3) is 0 Å². The number of ketones is 1. The maximum Gasteiger partial charge on any atom is 0.159 e. The van der Waals surface area contributed by atoms with Crippen molar-refractivity contribution in [1.82, 2.24) is 9.55 Å². The molecule has 0 aliphatic carbocycles. The maximum absolute atomic E-state index is 11.3. The zero-order valence-corrected chi connectivity index (χ0v) is 12.8. The minimum atomic E-state index is 0.0685. The van der Waals surface area contributed by atoms with Crippen LogP contribution >= 0.6 is 15.9 Å². The molecule has 100 valence electrons. The van der Waals surface area contributed by atoms with Crippen LogP contribution < -0.4 is 4.90 Å². The van der Waals surface area contributed by atoms with E-state index in [1.54, 1.807) is 13.1 Å². The summed E-state index contributed by atoms with van der Waals surface area (Å²) in [5.41, 5.74) is 1.74.